The summed E-state index contributed by atoms with van der Waals surface area (Å²) in [5.41, 5.74) is 2.78. The first-order chi connectivity index (χ1) is 18.1. The molecule has 4 aromatic rings. The van der Waals surface area contributed by atoms with Crippen molar-refractivity contribution in [1.29, 1.82) is 0 Å². The molecular weight excluding hydrogens is 466 g/mol. The Morgan fingerprint density at radius 1 is 0.838 bits per heavy atom. The fraction of sp³-hybridized carbons (Fsp3) is 0.161. The Morgan fingerprint density at radius 2 is 1.57 bits per heavy atom. The lowest BCUT2D eigenvalue weighted by Crippen LogP contribution is -2.29. The van der Waals surface area contributed by atoms with Crippen molar-refractivity contribution in [3.8, 4) is 11.5 Å². The number of carbonyl (C=O) groups is 2. The Morgan fingerprint density at radius 3 is 2.30 bits per heavy atom. The standard InChI is InChI=1S/C31H29NO5/c1-35-27-16-12-22(13-17-27)18-19-32-30(33)26(20-23-10-14-25(15-11-23)31(34)36-2)21-37-29-9-5-7-24-6-3-4-8-28(24)29/h3-17,20H,18-19,21H2,1-2H3,(H,32,33)/b26-20+. The van der Waals surface area contributed by atoms with E-state index in [1.807, 2.05) is 66.7 Å². The summed E-state index contributed by atoms with van der Waals surface area (Å²) in [5.74, 6) is 0.870. The molecule has 0 aromatic heterocycles. The molecule has 188 valence electrons. The Hall–Kier alpha value is -4.58. The van der Waals surface area contributed by atoms with Gasteiger partial charge >= 0.3 is 5.97 Å². The Bertz CT molecular complexity index is 1390. The number of esters is 1. The van der Waals surface area contributed by atoms with E-state index in [1.165, 1.54) is 7.11 Å². The number of methoxy groups -OCH3 is 2. The van der Waals surface area contributed by atoms with Gasteiger partial charge in [-0.3, -0.25) is 4.79 Å². The second kappa shape index (κ2) is 12.4. The predicted octanol–water partition coefficient (Wildman–Crippen LogP) is 5.46. The van der Waals surface area contributed by atoms with E-state index in [-0.39, 0.29) is 12.5 Å². The third-order valence-corrected chi connectivity index (χ3v) is 5.96. The van der Waals surface area contributed by atoms with Crippen molar-refractivity contribution in [2.75, 3.05) is 27.4 Å². The first-order valence-electron chi connectivity index (χ1n) is 12.0. The van der Waals surface area contributed by atoms with Gasteiger partial charge in [0.25, 0.3) is 5.91 Å². The Labute approximate surface area is 216 Å². The van der Waals surface area contributed by atoms with E-state index >= 15 is 0 Å². The summed E-state index contributed by atoms with van der Waals surface area (Å²) in [6, 6.07) is 28.4. The van der Waals surface area contributed by atoms with Crippen LogP contribution >= 0.6 is 0 Å². The molecule has 0 saturated heterocycles. The van der Waals surface area contributed by atoms with E-state index in [2.05, 4.69) is 5.32 Å². The predicted molar refractivity (Wildman–Crippen MR) is 145 cm³/mol. The minimum absolute atomic E-state index is 0.0845. The maximum Gasteiger partial charge on any atom is 0.337 e. The number of ether oxygens (including phenoxy) is 3. The van der Waals surface area contributed by atoms with Gasteiger partial charge in [0.2, 0.25) is 0 Å². The van der Waals surface area contributed by atoms with Gasteiger partial charge in [-0.25, -0.2) is 4.79 Å². The molecule has 6 nitrogen and oxygen atoms in total. The second-order valence-corrected chi connectivity index (χ2v) is 8.40. The average Bonchev–Trinajstić information content (AvgIpc) is 2.95. The first kappa shape index (κ1) is 25.5. The molecule has 0 fully saturated rings. The van der Waals surface area contributed by atoms with Crippen LogP contribution in [0, 0.1) is 0 Å². The van der Waals surface area contributed by atoms with Crippen LogP contribution in [0.15, 0.2) is 96.6 Å². The van der Waals surface area contributed by atoms with Gasteiger partial charge in [-0.05, 0) is 59.3 Å². The lowest BCUT2D eigenvalue weighted by atomic mass is 10.1. The van der Waals surface area contributed by atoms with Crippen LogP contribution in [-0.2, 0) is 16.0 Å². The van der Waals surface area contributed by atoms with E-state index in [4.69, 9.17) is 14.2 Å². The van der Waals surface area contributed by atoms with E-state index in [0.29, 0.717) is 29.9 Å². The monoisotopic (exact) mass is 495 g/mol. The largest absolute Gasteiger partial charge is 0.497 e. The third kappa shape index (κ3) is 6.76. The Balaban J connectivity index is 1.50. The van der Waals surface area contributed by atoms with Crippen molar-refractivity contribution in [2.24, 2.45) is 0 Å². The summed E-state index contributed by atoms with van der Waals surface area (Å²) in [6.45, 7) is 0.555. The topological polar surface area (TPSA) is 73.9 Å². The highest BCUT2D eigenvalue weighted by atomic mass is 16.5. The van der Waals surface area contributed by atoms with Crippen LogP contribution in [0.1, 0.15) is 21.5 Å². The summed E-state index contributed by atoms with van der Waals surface area (Å²) in [7, 11) is 2.97. The second-order valence-electron chi connectivity index (χ2n) is 8.40. The number of benzene rings is 4. The van der Waals surface area contributed by atoms with Crippen molar-refractivity contribution in [3.63, 3.8) is 0 Å². The molecule has 1 N–H and O–H groups in total. The molecule has 0 atom stereocenters. The summed E-state index contributed by atoms with van der Waals surface area (Å²) in [4.78, 5) is 25.0. The van der Waals surface area contributed by atoms with Crippen LogP contribution in [0.4, 0.5) is 0 Å². The van der Waals surface area contributed by atoms with E-state index < -0.39 is 5.97 Å². The molecule has 0 spiro atoms. The number of carbonyl (C=O) groups excluding carboxylic acids is 2. The molecule has 0 aliphatic carbocycles. The fourth-order valence-electron chi connectivity index (χ4n) is 3.91. The number of rotatable bonds is 10. The van der Waals surface area contributed by atoms with Crippen molar-refractivity contribution in [2.45, 2.75) is 6.42 Å². The highest BCUT2D eigenvalue weighted by molar-refractivity contribution is 5.98. The molecule has 0 heterocycles. The Kier molecular flexibility index (Phi) is 8.55. The van der Waals surface area contributed by atoms with Gasteiger partial charge in [-0.15, -0.1) is 0 Å². The highest BCUT2D eigenvalue weighted by Gasteiger charge is 2.13. The first-order valence-corrected chi connectivity index (χ1v) is 12.0. The van der Waals surface area contributed by atoms with Crippen LogP contribution < -0.4 is 14.8 Å². The number of nitrogens with one attached hydrogen (secondary N) is 1. The highest BCUT2D eigenvalue weighted by Crippen LogP contribution is 2.26. The van der Waals surface area contributed by atoms with Crippen LogP contribution in [0.5, 0.6) is 11.5 Å². The van der Waals surface area contributed by atoms with Crippen LogP contribution in [-0.4, -0.2) is 39.2 Å². The van der Waals surface area contributed by atoms with Crippen molar-refractivity contribution in [1.82, 2.24) is 5.32 Å². The molecule has 0 bridgehead atoms. The summed E-state index contributed by atoms with van der Waals surface area (Å²) >= 11 is 0. The lowest BCUT2D eigenvalue weighted by molar-refractivity contribution is -0.117. The molecule has 0 unspecified atom stereocenters. The molecule has 0 aliphatic rings. The SMILES string of the molecule is COC(=O)c1ccc(/C=C(\COc2cccc3ccccc23)C(=O)NCCc2ccc(OC)cc2)cc1. The molecule has 4 rings (SSSR count). The van der Waals surface area contributed by atoms with Gasteiger partial charge in [0.1, 0.15) is 18.1 Å². The summed E-state index contributed by atoms with van der Waals surface area (Å²) in [5, 5.41) is 5.04. The molecule has 6 heteroatoms. The molecule has 37 heavy (non-hydrogen) atoms. The minimum atomic E-state index is -0.411. The van der Waals surface area contributed by atoms with Gasteiger partial charge in [-0.1, -0.05) is 60.7 Å². The number of amides is 1. The van der Waals surface area contributed by atoms with E-state index in [1.54, 1.807) is 37.5 Å². The van der Waals surface area contributed by atoms with Crippen molar-refractivity contribution >= 4 is 28.7 Å². The van der Waals surface area contributed by atoms with E-state index in [9.17, 15) is 9.59 Å². The number of hydrogen-bond donors (Lipinski definition) is 1. The molecule has 4 aromatic carbocycles. The zero-order valence-corrected chi connectivity index (χ0v) is 20.9. The molecule has 0 radical (unpaired) electrons. The zero-order valence-electron chi connectivity index (χ0n) is 20.9. The molecule has 1 amide bonds. The van der Waals surface area contributed by atoms with Crippen LogP contribution in [0.25, 0.3) is 16.8 Å². The van der Waals surface area contributed by atoms with Gasteiger partial charge in [0.15, 0.2) is 0 Å². The normalized spacial score (nSPS) is 11.1. The fourth-order valence-corrected chi connectivity index (χ4v) is 3.91. The van der Waals surface area contributed by atoms with Crippen LogP contribution in [0.3, 0.4) is 0 Å². The van der Waals surface area contributed by atoms with Gasteiger partial charge in [-0.2, -0.15) is 0 Å². The quantitative estimate of drug-likeness (QED) is 0.234. The number of fused-ring (bicyclic) bond motifs is 1. The number of hydrogen-bond acceptors (Lipinski definition) is 5. The summed E-state index contributed by atoms with van der Waals surface area (Å²) in [6.07, 6.45) is 2.45. The maximum atomic E-state index is 13.2. The van der Waals surface area contributed by atoms with Crippen molar-refractivity contribution < 1.29 is 23.8 Å². The van der Waals surface area contributed by atoms with Crippen LogP contribution in [0.2, 0.25) is 0 Å². The van der Waals surface area contributed by atoms with Gasteiger partial charge in [0, 0.05) is 11.9 Å². The van der Waals surface area contributed by atoms with Crippen molar-refractivity contribution in [3.05, 3.63) is 113 Å². The minimum Gasteiger partial charge on any atom is -0.497 e. The molecule has 0 aliphatic heterocycles. The van der Waals surface area contributed by atoms with E-state index in [0.717, 1.165) is 27.6 Å². The molecular formula is C31H29NO5. The maximum absolute atomic E-state index is 13.2. The smallest absolute Gasteiger partial charge is 0.337 e. The van der Waals surface area contributed by atoms with Gasteiger partial charge < -0.3 is 19.5 Å². The van der Waals surface area contributed by atoms with Gasteiger partial charge in [0.05, 0.1) is 25.4 Å². The summed E-state index contributed by atoms with van der Waals surface area (Å²) < 4.78 is 16.1. The average molecular weight is 496 g/mol. The molecule has 0 saturated carbocycles. The lowest BCUT2D eigenvalue weighted by Gasteiger charge is -2.13. The zero-order chi connectivity index (χ0) is 26.0. The third-order valence-electron chi connectivity index (χ3n) is 5.96.